The number of rotatable bonds is 4. The van der Waals surface area contributed by atoms with Crippen LogP contribution in [0, 0.1) is 0 Å². The van der Waals surface area contributed by atoms with E-state index in [1.165, 1.54) is 43.8 Å². The van der Waals surface area contributed by atoms with Crippen molar-refractivity contribution in [3.05, 3.63) is 182 Å². The summed E-state index contributed by atoms with van der Waals surface area (Å²) in [5.41, 5.74) is 12.6. The molecule has 0 bridgehead atoms. The number of aromatic nitrogens is 4. The molecule has 9 aromatic carbocycles. The van der Waals surface area contributed by atoms with Crippen molar-refractivity contribution in [2.45, 2.75) is 0 Å². The molecule has 1 aliphatic carbocycles. The van der Waals surface area contributed by atoms with Crippen LogP contribution in [0.25, 0.3) is 127 Å². The van der Waals surface area contributed by atoms with Crippen LogP contribution in [0.3, 0.4) is 0 Å². The van der Waals surface area contributed by atoms with Crippen molar-refractivity contribution >= 4 is 65.3 Å². The second-order valence-electron chi connectivity index (χ2n) is 15.1. The predicted octanol–water partition coefficient (Wildman–Crippen LogP) is 13.8. The summed E-state index contributed by atoms with van der Waals surface area (Å²) in [6, 6.07) is 64.3. The summed E-state index contributed by atoms with van der Waals surface area (Å²) in [7, 11) is 0. The van der Waals surface area contributed by atoms with Crippen molar-refractivity contribution in [2.24, 2.45) is 0 Å². The number of furan rings is 1. The first-order valence-electron chi connectivity index (χ1n) is 19.6. The first-order valence-corrected chi connectivity index (χ1v) is 19.6. The van der Waals surface area contributed by atoms with E-state index < -0.39 is 0 Å². The van der Waals surface area contributed by atoms with Crippen LogP contribution in [0.4, 0.5) is 0 Å². The van der Waals surface area contributed by atoms with Gasteiger partial charge >= 0.3 is 0 Å². The van der Waals surface area contributed by atoms with Gasteiger partial charge in [-0.1, -0.05) is 152 Å². The maximum Gasteiger partial charge on any atom is 0.164 e. The number of fused-ring (bicyclic) bond motifs is 7. The summed E-state index contributed by atoms with van der Waals surface area (Å²) in [5, 5.41) is 9.20. The molecule has 0 N–H and O–H groups in total. The van der Waals surface area contributed by atoms with Crippen molar-refractivity contribution in [3.63, 3.8) is 0 Å². The zero-order chi connectivity index (χ0) is 37.9. The molecule has 0 amide bonds. The first-order chi connectivity index (χ1) is 28.8. The lowest BCUT2D eigenvalue weighted by molar-refractivity contribution is 0.668. The van der Waals surface area contributed by atoms with Gasteiger partial charge in [0.05, 0.1) is 16.7 Å². The van der Waals surface area contributed by atoms with Crippen molar-refractivity contribution in [1.82, 2.24) is 19.5 Å². The van der Waals surface area contributed by atoms with Crippen molar-refractivity contribution in [1.29, 1.82) is 0 Å². The highest BCUT2D eigenvalue weighted by Crippen LogP contribution is 2.50. The van der Waals surface area contributed by atoms with Gasteiger partial charge in [0, 0.05) is 44.3 Å². The molecule has 268 valence electrons. The first kappa shape index (κ1) is 31.3. The summed E-state index contributed by atoms with van der Waals surface area (Å²) >= 11 is 0. The van der Waals surface area contributed by atoms with Crippen LogP contribution in [0.15, 0.2) is 186 Å². The molecule has 5 nitrogen and oxygen atoms in total. The van der Waals surface area contributed by atoms with Crippen LogP contribution < -0.4 is 0 Å². The third-order valence-corrected chi connectivity index (χ3v) is 12.0. The Morgan fingerprint density at radius 2 is 0.948 bits per heavy atom. The van der Waals surface area contributed by atoms with E-state index in [2.05, 4.69) is 156 Å². The van der Waals surface area contributed by atoms with Gasteiger partial charge in [0.25, 0.3) is 0 Å². The van der Waals surface area contributed by atoms with Crippen LogP contribution in [-0.4, -0.2) is 19.5 Å². The molecule has 0 radical (unpaired) electrons. The Morgan fingerprint density at radius 1 is 0.345 bits per heavy atom. The SMILES string of the molecule is c1ccc(-c2nc(-c3cccc4ccccc34)nc(-c3cc(-n4c5cccc6c5c5c7c(cccc7ccc54)-c4ccccc4-6)cc4oc5ccccc5c34)n2)cc1. The van der Waals surface area contributed by atoms with E-state index >= 15 is 0 Å². The van der Waals surface area contributed by atoms with Crippen LogP contribution >= 0.6 is 0 Å². The molecule has 0 saturated carbocycles. The Hall–Kier alpha value is -7.89. The molecule has 0 aliphatic heterocycles. The van der Waals surface area contributed by atoms with Gasteiger partial charge in [-0.25, -0.2) is 15.0 Å². The zero-order valence-electron chi connectivity index (χ0n) is 31.0. The normalized spacial score (nSPS) is 12.1. The van der Waals surface area contributed by atoms with E-state index in [1.54, 1.807) is 0 Å². The van der Waals surface area contributed by atoms with Crippen molar-refractivity contribution in [3.8, 4) is 62.1 Å². The van der Waals surface area contributed by atoms with Crippen LogP contribution in [0.1, 0.15) is 0 Å². The zero-order valence-corrected chi connectivity index (χ0v) is 31.0. The lowest BCUT2D eigenvalue weighted by Crippen LogP contribution is -2.02. The highest BCUT2D eigenvalue weighted by Gasteiger charge is 2.26. The van der Waals surface area contributed by atoms with Crippen LogP contribution in [0.2, 0.25) is 0 Å². The monoisotopic (exact) mass is 738 g/mol. The van der Waals surface area contributed by atoms with Gasteiger partial charge in [0.1, 0.15) is 11.2 Å². The fraction of sp³-hybridized carbons (Fsp3) is 0. The fourth-order valence-corrected chi connectivity index (χ4v) is 9.51. The van der Waals surface area contributed by atoms with Gasteiger partial charge in [0.2, 0.25) is 0 Å². The summed E-state index contributed by atoms with van der Waals surface area (Å²) in [6.45, 7) is 0. The van der Waals surface area contributed by atoms with Crippen LogP contribution in [0.5, 0.6) is 0 Å². The van der Waals surface area contributed by atoms with Gasteiger partial charge in [-0.15, -0.1) is 0 Å². The van der Waals surface area contributed by atoms with Gasteiger partial charge in [-0.2, -0.15) is 0 Å². The maximum absolute atomic E-state index is 6.75. The molecule has 1 aliphatic rings. The minimum atomic E-state index is 0.583. The molecule has 0 saturated heterocycles. The third kappa shape index (κ3) is 4.38. The summed E-state index contributed by atoms with van der Waals surface area (Å²) < 4.78 is 9.15. The molecule has 13 rings (SSSR count). The second kappa shape index (κ2) is 11.8. The average Bonchev–Trinajstić information content (AvgIpc) is 3.80. The molecular formula is C53H30N4O. The molecule has 0 unspecified atom stereocenters. The summed E-state index contributed by atoms with van der Waals surface area (Å²) in [6.07, 6.45) is 0. The third-order valence-electron chi connectivity index (χ3n) is 12.0. The van der Waals surface area contributed by atoms with Crippen molar-refractivity contribution < 1.29 is 4.42 Å². The molecule has 12 aromatic rings. The fourth-order valence-electron chi connectivity index (χ4n) is 9.51. The molecule has 3 heterocycles. The highest BCUT2D eigenvalue weighted by atomic mass is 16.3. The van der Waals surface area contributed by atoms with E-state index in [-0.39, 0.29) is 0 Å². The molecule has 0 spiro atoms. The van der Waals surface area contributed by atoms with E-state index in [9.17, 15) is 0 Å². The summed E-state index contributed by atoms with van der Waals surface area (Å²) in [5.74, 6) is 1.81. The number of hydrogen-bond acceptors (Lipinski definition) is 4. The number of hydrogen-bond donors (Lipinski definition) is 0. The van der Waals surface area contributed by atoms with E-state index in [0.717, 1.165) is 66.1 Å². The van der Waals surface area contributed by atoms with Crippen LogP contribution in [-0.2, 0) is 0 Å². The Balaban J connectivity index is 1.16. The number of nitrogens with zero attached hydrogens (tertiary/aromatic N) is 4. The smallest absolute Gasteiger partial charge is 0.164 e. The molecular weight excluding hydrogens is 709 g/mol. The van der Waals surface area contributed by atoms with Crippen molar-refractivity contribution in [2.75, 3.05) is 0 Å². The van der Waals surface area contributed by atoms with Gasteiger partial charge in [0.15, 0.2) is 17.5 Å². The molecule has 0 atom stereocenters. The summed E-state index contributed by atoms with van der Waals surface area (Å²) in [4.78, 5) is 15.8. The largest absolute Gasteiger partial charge is 0.456 e. The van der Waals surface area contributed by atoms with Gasteiger partial charge < -0.3 is 8.98 Å². The van der Waals surface area contributed by atoms with Gasteiger partial charge in [-0.05, 0) is 68.1 Å². The standard InChI is InChI=1S/C53H30N4O/c1-2-14-33(15-3-1)51-54-52(40-24-10-16-31-13-4-5-18-35(31)40)56-53(55-51)42-29-34(30-46-48(42)41-21-8-9-26-45(41)58-46)57-43-25-12-23-39-37-20-7-6-19-36(37)38-22-11-17-32-27-28-44(57)50(47(32)38)49(39)43/h1-30H. The lowest BCUT2D eigenvalue weighted by Gasteiger charge is -2.15. The minimum absolute atomic E-state index is 0.583. The van der Waals surface area contributed by atoms with Gasteiger partial charge in [-0.3, -0.25) is 0 Å². The quantitative estimate of drug-likeness (QED) is 0.180. The Morgan fingerprint density at radius 3 is 1.79 bits per heavy atom. The second-order valence-corrected chi connectivity index (χ2v) is 15.1. The Kier molecular flexibility index (Phi) is 6.38. The average molecular weight is 739 g/mol. The molecule has 58 heavy (non-hydrogen) atoms. The van der Waals surface area contributed by atoms with E-state index in [0.29, 0.717) is 17.5 Å². The maximum atomic E-state index is 6.75. The Bertz CT molecular complexity index is 3690. The molecule has 5 heteroatoms. The van der Waals surface area contributed by atoms with E-state index in [4.69, 9.17) is 19.4 Å². The molecule has 0 fully saturated rings. The van der Waals surface area contributed by atoms with E-state index in [1.807, 2.05) is 30.3 Å². The number of para-hydroxylation sites is 1. The number of benzene rings is 9. The highest BCUT2D eigenvalue weighted by molar-refractivity contribution is 6.30. The minimum Gasteiger partial charge on any atom is -0.456 e. The lowest BCUT2D eigenvalue weighted by atomic mass is 9.93. The Labute approximate surface area is 332 Å². The predicted molar refractivity (Wildman–Crippen MR) is 237 cm³/mol. The molecule has 3 aromatic heterocycles. The topological polar surface area (TPSA) is 56.7 Å².